The van der Waals surface area contributed by atoms with Gasteiger partial charge in [-0.1, -0.05) is 60.3 Å². The van der Waals surface area contributed by atoms with E-state index in [1.807, 2.05) is 53.1 Å². The van der Waals surface area contributed by atoms with Gasteiger partial charge in [0.15, 0.2) is 5.16 Å². The highest BCUT2D eigenvalue weighted by atomic mass is 32.2. The van der Waals surface area contributed by atoms with Crippen LogP contribution in [-0.4, -0.2) is 51.4 Å². The molecule has 0 saturated carbocycles. The van der Waals surface area contributed by atoms with E-state index in [0.29, 0.717) is 28.6 Å². The zero-order valence-corrected chi connectivity index (χ0v) is 19.5. The van der Waals surface area contributed by atoms with Crippen LogP contribution in [0.3, 0.4) is 0 Å². The summed E-state index contributed by atoms with van der Waals surface area (Å²) in [6.07, 6.45) is -0.0694. The van der Waals surface area contributed by atoms with Crippen molar-refractivity contribution in [3.05, 3.63) is 102 Å². The summed E-state index contributed by atoms with van der Waals surface area (Å²) in [5.41, 5.74) is 2.56. The van der Waals surface area contributed by atoms with E-state index < -0.39 is 12.1 Å². The number of carbonyl (C=O) groups is 1. The van der Waals surface area contributed by atoms with Crippen LogP contribution < -0.4 is 4.74 Å². The van der Waals surface area contributed by atoms with Gasteiger partial charge in [0.25, 0.3) is 0 Å². The average molecular weight is 476 g/mol. The van der Waals surface area contributed by atoms with E-state index in [0.717, 1.165) is 17.1 Å². The Bertz CT molecular complexity index is 1200. The van der Waals surface area contributed by atoms with Crippen molar-refractivity contribution < 1.29 is 19.4 Å². The van der Waals surface area contributed by atoms with Gasteiger partial charge in [-0.3, -0.25) is 4.57 Å². The molecular weight excluding hydrogens is 450 g/mol. The van der Waals surface area contributed by atoms with Gasteiger partial charge in [-0.2, -0.15) is 0 Å². The number of methoxy groups -OCH3 is 1. The number of para-hydroxylation sites is 1. The number of aromatic nitrogens is 3. The van der Waals surface area contributed by atoms with Crippen LogP contribution in [-0.2, 0) is 11.2 Å². The molecule has 0 bridgehead atoms. The van der Waals surface area contributed by atoms with Gasteiger partial charge >= 0.3 is 5.97 Å². The summed E-state index contributed by atoms with van der Waals surface area (Å²) >= 11 is 1.42. The third-order valence-electron chi connectivity index (χ3n) is 5.04. The molecular formula is C26H25N3O4S. The first-order valence-electron chi connectivity index (χ1n) is 10.8. The molecule has 0 amide bonds. The second-order valence-electron chi connectivity index (χ2n) is 7.52. The molecule has 0 aliphatic carbocycles. The molecule has 0 aliphatic rings. The van der Waals surface area contributed by atoms with Crippen LogP contribution >= 0.6 is 11.8 Å². The van der Waals surface area contributed by atoms with Crippen molar-refractivity contribution in [1.82, 2.24) is 14.8 Å². The first-order chi connectivity index (χ1) is 16.6. The van der Waals surface area contributed by atoms with Crippen LogP contribution in [0.15, 0.2) is 90.1 Å². The van der Waals surface area contributed by atoms with E-state index in [9.17, 15) is 9.90 Å². The number of aliphatic hydroxyl groups is 1. The molecule has 1 heterocycles. The Labute approximate surface area is 202 Å². The van der Waals surface area contributed by atoms with E-state index in [1.54, 1.807) is 24.3 Å². The van der Waals surface area contributed by atoms with Gasteiger partial charge in [0, 0.05) is 17.9 Å². The lowest BCUT2D eigenvalue weighted by Gasteiger charge is -2.13. The zero-order valence-electron chi connectivity index (χ0n) is 18.7. The van der Waals surface area contributed by atoms with Crippen LogP contribution in [0.2, 0.25) is 0 Å². The van der Waals surface area contributed by atoms with Crippen LogP contribution in [0.4, 0.5) is 0 Å². The van der Waals surface area contributed by atoms with Crippen molar-refractivity contribution in [2.75, 3.05) is 19.5 Å². The standard InChI is InChI=1S/C26H25N3O4S/c1-32-25(31)20-12-14-23(15-13-20)33-17-22(30)18-34-26-28-27-24(16-19-8-4-2-5-9-19)29(26)21-10-6-3-7-11-21/h2-15,22,30H,16-18H2,1H3. The third kappa shape index (κ3) is 6.03. The number of hydrogen-bond acceptors (Lipinski definition) is 7. The van der Waals surface area contributed by atoms with E-state index in [1.165, 1.54) is 18.9 Å². The molecule has 0 saturated heterocycles. The molecule has 0 radical (unpaired) electrons. The average Bonchev–Trinajstić information content (AvgIpc) is 3.29. The highest BCUT2D eigenvalue weighted by molar-refractivity contribution is 7.99. The molecule has 174 valence electrons. The number of aliphatic hydroxyl groups excluding tert-OH is 1. The fourth-order valence-corrected chi connectivity index (χ4v) is 4.22. The monoisotopic (exact) mass is 475 g/mol. The Morgan fingerprint density at radius 1 is 0.971 bits per heavy atom. The maximum absolute atomic E-state index is 11.5. The van der Waals surface area contributed by atoms with Crippen LogP contribution in [0, 0.1) is 0 Å². The van der Waals surface area contributed by atoms with Gasteiger partial charge in [0.2, 0.25) is 0 Å². The predicted molar refractivity (Wildman–Crippen MR) is 131 cm³/mol. The van der Waals surface area contributed by atoms with Gasteiger partial charge in [0.05, 0.1) is 18.8 Å². The highest BCUT2D eigenvalue weighted by Crippen LogP contribution is 2.24. The Hall–Kier alpha value is -3.62. The van der Waals surface area contributed by atoms with Crippen molar-refractivity contribution in [3.63, 3.8) is 0 Å². The molecule has 0 spiro atoms. The lowest BCUT2D eigenvalue weighted by atomic mass is 10.1. The first-order valence-corrected chi connectivity index (χ1v) is 11.8. The molecule has 1 unspecified atom stereocenters. The van der Waals surface area contributed by atoms with Gasteiger partial charge < -0.3 is 14.6 Å². The molecule has 1 aromatic heterocycles. The summed E-state index contributed by atoms with van der Waals surface area (Å²) < 4.78 is 12.4. The number of thioether (sulfide) groups is 1. The molecule has 0 aliphatic heterocycles. The topological polar surface area (TPSA) is 86.5 Å². The summed E-state index contributed by atoms with van der Waals surface area (Å²) in [4.78, 5) is 11.5. The summed E-state index contributed by atoms with van der Waals surface area (Å²) in [5, 5.41) is 20.0. The maximum Gasteiger partial charge on any atom is 0.337 e. The molecule has 7 nitrogen and oxygen atoms in total. The SMILES string of the molecule is COC(=O)c1ccc(OCC(O)CSc2nnc(Cc3ccccc3)n2-c2ccccc2)cc1. The number of ether oxygens (including phenoxy) is 2. The summed E-state index contributed by atoms with van der Waals surface area (Å²) in [6.45, 7) is 0.112. The van der Waals surface area contributed by atoms with Crippen molar-refractivity contribution in [3.8, 4) is 11.4 Å². The van der Waals surface area contributed by atoms with Crippen molar-refractivity contribution in [2.45, 2.75) is 17.7 Å². The van der Waals surface area contributed by atoms with Gasteiger partial charge in [-0.05, 0) is 42.0 Å². The Balaban J connectivity index is 1.40. The Morgan fingerprint density at radius 3 is 2.32 bits per heavy atom. The van der Waals surface area contributed by atoms with Crippen molar-refractivity contribution in [1.29, 1.82) is 0 Å². The molecule has 4 aromatic rings. The van der Waals surface area contributed by atoms with Gasteiger partial charge in [-0.25, -0.2) is 4.79 Å². The first kappa shape index (κ1) is 23.5. The number of esters is 1. The summed E-state index contributed by atoms with van der Waals surface area (Å²) in [7, 11) is 1.34. The van der Waals surface area contributed by atoms with Crippen molar-refractivity contribution >= 4 is 17.7 Å². The fourth-order valence-electron chi connectivity index (χ4n) is 3.34. The number of nitrogens with zero attached hydrogens (tertiary/aromatic N) is 3. The smallest absolute Gasteiger partial charge is 0.337 e. The largest absolute Gasteiger partial charge is 0.491 e. The summed E-state index contributed by atoms with van der Waals surface area (Å²) in [6, 6.07) is 26.7. The quantitative estimate of drug-likeness (QED) is 0.272. The molecule has 8 heteroatoms. The summed E-state index contributed by atoms with van der Waals surface area (Å²) in [5.74, 6) is 1.37. The second-order valence-corrected chi connectivity index (χ2v) is 8.51. The van der Waals surface area contributed by atoms with E-state index in [-0.39, 0.29) is 6.61 Å². The van der Waals surface area contributed by atoms with E-state index in [4.69, 9.17) is 4.74 Å². The van der Waals surface area contributed by atoms with E-state index >= 15 is 0 Å². The number of rotatable bonds is 10. The fraction of sp³-hybridized carbons (Fsp3) is 0.192. The number of hydrogen-bond donors (Lipinski definition) is 1. The number of benzene rings is 3. The maximum atomic E-state index is 11.5. The van der Waals surface area contributed by atoms with E-state index in [2.05, 4.69) is 27.1 Å². The predicted octanol–water partition coefficient (Wildman–Crippen LogP) is 4.18. The lowest BCUT2D eigenvalue weighted by molar-refractivity contribution is 0.0600. The highest BCUT2D eigenvalue weighted by Gasteiger charge is 2.17. The number of carbonyl (C=O) groups excluding carboxylic acids is 1. The normalized spacial score (nSPS) is 11.7. The molecule has 1 atom stereocenters. The second kappa shape index (κ2) is 11.5. The minimum absolute atomic E-state index is 0.112. The van der Waals surface area contributed by atoms with Crippen molar-refractivity contribution in [2.24, 2.45) is 0 Å². The van der Waals surface area contributed by atoms with Gasteiger partial charge in [0.1, 0.15) is 18.2 Å². The molecule has 3 aromatic carbocycles. The van der Waals surface area contributed by atoms with Gasteiger partial charge in [-0.15, -0.1) is 10.2 Å². The Kier molecular flexibility index (Phi) is 7.95. The molecule has 1 N–H and O–H groups in total. The molecule has 4 rings (SSSR count). The van der Waals surface area contributed by atoms with Crippen LogP contribution in [0.5, 0.6) is 5.75 Å². The Morgan fingerprint density at radius 2 is 1.65 bits per heavy atom. The zero-order chi connectivity index (χ0) is 23.8. The molecule has 34 heavy (non-hydrogen) atoms. The molecule has 0 fully saturated rings. The minimum Gasteiger partial charge on any atom is -0.491 e. The lowest BCUT2D eigenvalue weighted by Crippen LogP contribution is -2.20. The third-order valence-corrected chi connectivity index (χ3v) is 6.12. The minimum atomic E-state index is -0.719. The van der Waals surface area contributed by atoms with Crippen LogP contribution in [0.1, 0.15) is 21.7 Å². The van der Waals surface area contributed by atoms with Crippen LogP contribution in [0.25, 0.3) is 5.69 Å².